The van der Waals surface area contributed by atoms with Gasteiger partial charge in [-0.15, -0.1) is 0 Å². The molecule has 1 amide bonds. The number of benzene rings is 2. The third-order valence-corrected chi connectivity index (χ3v) is 3.89. The Balaban J connectivity index is 1.82. The third kappa shape index (κ3) is 7.71. The van der Waals surface area contributed by atoms with Gasteiger partial charge in [0.15, 0.2) is 0 Å². The zero-order valence-electron chi connectivity index (χ0n) is 16.4. The lowest BCUT2D eigenvalue weighted by Gasteiger charge is -2.10. The van der Waals surface area contributed by atoms with Crippen LogP contribution in [0, 0.1) is 5.92 Å². The van der Waals surface area contributed by atoms with Gasteiger partial charge in [-0.25, -0.2) is 0 Å². The molecule has 5 heteroatoms. The average Bonchev–Trinajstić information content (AvgIpc) is 2.67. The van der Waals surface area contributed by atoms with E-state index in [0.717, 1.165) is 23.6 Å². The summed E-state index contributed by atoms with van der Waals surface area (Å²) in [5.41, 5.74) is 1.30. The maximum Gasteiger partial charge on any atom is 0.255 e. The molecule has 0 spiro atoms. The van der Waals surface area contributed by atoms with Crippen molar-refractivity contribution in [2.24, 2.45) is 5.92 Å². The molecule has 0 aromatic heterocycles. The van der Waals surface area contributed by atoms with E-state index in [4.69, 9.17) is 14.2 Å². The predicted octanol–water partition coefficient (Wildman–Crippen LogP) is 4.78. The number of rotatable bonds is 11. The Morgan fingerprint density at radius 2 is 1.48 bits per heavy atom. The summed E-state index contributed by atoms with van der Waals surface area (Å²) >= 11 is 0. The summed E-state index contributed by atoms with van der Waals surface area (Å²) in [4.78, 5) is 12.4. The molecule has 0 atom stereocenters. The quantitative estimate of drug-likeness (QED) is 0.578. The van der Waals surface area contributed by atoms with Crippen LogP contribution in [-0.2, 0) is 4.74 Å². The van der Waals surface area contributed by atoms with Crippen LogP contribution in [0.15, 0.2) is 48.5 Å². The van der Waals surface area contributed by atoms with Crippen molar-refractivity contribution in [1.82, 2.24) is 0 Å². The van der Waals surface area contributed by atoms with Gasteiger partial charge in [-0.3, -0.25) is 4.79 Å². The Hall–Kier alpha value is -2.53. The van der Waals surface area contributed by atoms with E-state index in [1.807, 2.05) is 43.3 Å². The van der Waals surface area contributed by atoms with Gasteiger partial charge in [-0.1, -0.05) is 13.8 Å². The van der Waals surface area contributed by atoms with Crippen LogP contribution in [0.25, 0.3) is 0 Å². The van der Waals surface area contributed by atoms with Crippen molar-refractivity contribution < 1.29 is 19.0 Å². The van der Waals surface area contributed by atoms with Crippen LogP contribution < -0.4 is 14.8 Å². The van der Waals surface area contributed by atoms with E-state index in [0.29, 0.717) is 37.9 Å². The fraction of sp³-hybridized carbons (Fsp3) is 0.409. The molecule has 0 radical (unpaired) electrons. The van der Waals surface area contributed by atoms with Crippen molar-refractivity contribution in [1.29, 1.82) is 0 Å². The number of carbonyl (C=O) groups excluding carboxylic acids is 1. The second kappa shape index (κ2) is 11.2. The van der Waals surface area contributed by atoms with Gasteiger partial charge in [-0.05, 0) is 67.8 Å². The summed E-state index contributed by atoms with van der Waals surface area (Å²) in [5.74, 6) is 1.97. The molecular formula is C22H29NO4. The molecule has 0 saturated heterocycles. The van der Waals surface area contributed by atoms with Crippen LogP contribution in [0.5, 0.6) is 11.5 Å². The van der Waals surface area contributed by atoms with E-state index >= 15 is 0 Å². The maximum absolute atomic E-state index is 12.4. The lowest BCUT2D eigenvalue weighted by Crippen LogP contribution is -2.12. The number of anilines is 1. The first-order chi connectivity index (χ1) is 13.1. The van der Waals surface area contributed by atoms with E-state index in [-0.39, 0.29) is 5.91 Å². The molecule has 0 saturated carbocycles. The molecule has 2 rings (SSSR count). The molecule has 1 N–H and O–H groups in total. The minimum atomic E-state index is -0.159. The van der Waals surface area contributed by atoms with Crippen molar-refractivity contribution >= 4 is 11.6 Å². The van der Waals surface area contributed by atoms with Crippen LogP contribution in [0.1, 0.15) is 37.6 Å². The molecule has 2 aromatic rings. The Kier molecular flexibility index (Phi) is 8.65. The second-order valence-corrected chi connectivity index (χ2v) is 6.58. The molecule has 2 aromatic carbocycles. The molecule has 0 aliphatic rings. The molecule has 0 aliphatic carbocycles. The van der Waals surface area contributed by atoms with Crippen LogP contribution in [0.3, 0.4) is 0 Å². The number of amides is 1. The summed E-state index contributed by atoms with van der Waals surface area (Å²) in [7, 11) is 0. The van der Waals surface area contributed by atoms with Gasteiger partial charge < -0.3 is 19.5 Å². The fourth-order valence-electron chi connectivity index (χ4n) is 2.32. The van der Waals surface area contributed by atoms with Crippen LogP contribution in [0.4, 0.5) is 5.69 Å². The normalized spacial score (nSPS) is 10.7. The van der Waals surface area contributed by atoms with Gasteiger partial charge in [0, 0.05) is 17.9 Å². The molecule has 27 heavy (non-hydrogen) atoms. The number of nitrogens with one attached hydrogen (secondary N) is 1. The number of carbonyl (C=O) groups is 1. The highest BCUT2D eigenvalue weighted by Gasteiger charge is 2.07. The van der Waals surface area contributed by atoms with Crippen LogP contribution in [0.2, 0.25) is 0 Å². The van der Waals surface area contributed by atoms with E-state index in [1.165, 1.54) is 0 Å². The summed E-state index contributed by atoms with van der Waals surface area (Å²) < 4.78 is 16.5. The average molecular weight is 371 g/mol. The lowest BCUT2D eigenvalue weighted by molar-refractivity contribution is 0.102. The van der Waals surface area contributed by atoms with Gasteiger partial charge in [-0.2, -0.15) is 0 Å². The highest BCUT2D eigenvalue weighted by molar-refractivity contribution is 6.04. The van der Waals surface area contributed by atoms with Crippen molar-refractivity contribution in [3.8, 4) is 11.5 Å². The van der Waals surface area contributed by atoms with Crippen molar-refractivity contribution in [3.63, 3.8) is 0 Å². The maximum atomic E-state index is 12.4. The third-order valence-electron chi connectivity index (χ3n) is 3.89. The fourth-order valence-corrected chi connectivity index (χ4v) is 2.32. The van der Waals surface area contributed by atoms with Gasteiger partial charge in [0.25, 0.3) is 5.91 Å². The summed E-state index contributed by atoms with van der Waals surface area (Å²) in [5, 5.41) is 2.88. The summed E-state index contributed by atoms with van der Waals surface area (Å²) in [6.07, 6.45) is 1.01. The molecule has 0 heterocycles. The molecular weight excluding hydrogens is 342 g/mol. The van der Waals surface area contributed by atoms with E-state index < -0.39 is 0 Å². The van der Waals surface area contributed by atoms with Crippen LogP contribution >= 0.6 is 0 Å². The molecule has 146 valence electrons. The van der Waals surface area contributed by atoms with E-state index in [9.17, 15) is 4.79 Å². The van der Waals surface area contributed by atoms with Gasteiger partial charge in [0.2, 0.25) is 0 Å². The molecule has 0 aliphatic heterocycles. The second-order valence-electron chi connectivity index (χ2n) is 6.58. The molecule has 0 fully saturated rings. The van der Waals surface area contributed by atoms with E-state index in [1.54, 1.807) is 12.1 Å². The number of hydrogen-bond acceptors (Lipinski definition) is 4. The predicted molar refractivity (Wildman–Crippen MR) is 108 cm³/mol. The Morgan fingerprint density at radius 3 is 2.07 bits per heavy atom. The zero-order chi connectivity index (χ0) is 19.5. The highest BCUT2D eigenvalue weighted by Crippen LogP contribution is 2.18. The van der Waals surface area contributed by atoms with Crippen molar-refractivity contribution in [3.05, 3.63) is 54.1 Å². The minimum absolute atomic E-state index is 0.159. The first kappa shape index (κ1) is 20.8. The lowest BCUT2D eigenvalue weighted by atomic mass is 10.1. The molecule has 0 unspecified atom stereocenters. The summed E-state index contributed by atoms with van der Waals surface area (Å²) in [6.45, 7) is 8.70. The zero-order valence-corrected chi connectivity index (χ0v) is 16.4. The molecule has 0 bridgehead atoms. The standard InChI is InChI=1S/C22H29NO4/c1-4-25-15-16-27-21-11-7-19(8-12-21)23-22(24)18-5-9-20(10-6-18)26-14-13-17(2)3/h5-12,17H,4,13-16H2,1-3H3,(H,23,24). The SMILES string of the molecule is CCOCCOc1ccc(NC(=O)c2ccc(OCCC(C)C)cc2)cc1. The van der Waals surface area contributed by atoms with Gasteiger partial charge in [0.05, 0.1) is 13.2 Å². The van der Waals surface area contributed by atoms with Crippen LogP contribution in [-0.4, -0.2) is 32.3 Å². The largest absolute Gasteiger partial charge is 0.494 e. The Labute approximate surface area is 161 Å². The molecule has 5 nitrogen and oxygen atoms in total. The first-order valence-electron chi connectivity index (χ1n) is 9.43. The first-order valence-corrected chi connectivity index (χ1v) is 9.43. The van der Waals surface area contributed by atoms with Gasteiger partial charge in [0.1, 0.15) is 18.1 Å². The number of ether oxygens (including phenoxy) is 3. The van der Waals surface area contributed by atoms with Crippen molar-refractivity contribution in [2.45, 2.75) is 27.2 Å². The Bertz CT molecular complexity index is 680. The van der Waals surface area contributed by atoms with E-state index in [2.05, 4.69) is 19.2 Å². The Morgan fingerprint density at radius 1 is 0.889 bits per heavy atom. The smallest absolute Gasteiger partial charge is 0.255 e. The highest BCUT2D eigenvalue weighted by atomic mass is 16.5. The minimum Gasteiger partial charge on any atom is -0.494 e. The topological polar surface area (TPSA) is 56.8 Å². The van der Waals surface area contributed by atoms with Crippen molar-refractivity contribution in [2.75, 3.05) is 31.7 Å². The summed E-state index contributed by atoms with van der Waals surface area (Å²) in [6, 6.07) is 14.5. The number of hydrogen-bond donors (Lipinski definition) is 1. The van der Waals surface area contributed by atoms with Gasteiger partial charge >= 0.3 is 0 Å². The monoisotopic (exact) mass is 371 g/mol.